The molecule has 0 bridgehead atoms. The van der Waals surface area contributed by atoms with Crippen molar-refractivity contribution in [3.05, 3.63) is 35.8 Å². The first-order valence-corrected chi connectivity index (χ1v) is 6.68. The second-order valence-corrected chi connectivity index (χ2v) is 4.91. The van der Waals surface area contributed by atoms with E-state index in [1.54, 1.807) is 19.1 Å². The molecule has 1 aliphatic rings. The van der Waals surface area contributed by atoms with Gasteiger partial charge in [-0.3, -0.25) is 0 Å². The van der Waals surface area contributed by atoms with Crippen molar-refractivity contribution in [2.45, 2.75) is 32.2 Å². The molecule has 1 saturated carbocycles. The van der Waals surface area contributed by atoms with Crippen LogP contribution in [-0.2, 0) is 4.74 Å². The zero-order chi connectivity index (χ0) is 13.4. The number of benzene rings is 1. The summed E-state index contributed by atoms with van der Waals surface area (Å²) in [4.78, 5) is 12.0. The molecule has 0 radical (unpaired) electrons. The van der Waals surface area contributed by atoms with Gasteiger partial charge in [-0.25, -0.2) is 9.18 Å². The van der Waals surface area contributed by atoms with Gasteiger partial charge >= 0.3 is 5.97 Å². The van der Waals surface area contributed by atoms with E-state index < -0.39 is 0 Å². The number of ether oxygens (including phenoxy) is 1. The Balaban J connectivity index is 2.16. The number of fused-ring (bicyclic) bond motifs is 1. The normalized spacial score (nSPS) is 15.5. The Bertz CT molecular complexity index is 628. The van der Waals surface area contributed by atoms with Gasteiger partial charge in [0.2, 0.25) is 0 Å². The van der Waals surface area contributed by atoms with Crippen LogP contribution in [0.15, 0.2) is 24.3 Å². The number of carbonyl (C=O) groups excluding carboxylic acids is 1. The van der Waals surface area contributed by atoms with E-state index >= 15 is 0 Å². The molecular weight excluding hydrogens is 245 g/mol. The minimum absolute atomic E-state index is 0.276. The predicted molar refractivity (Wildman–Crippen MR) is 70.7 cm³/mol. The Morgan fingerprint density at radius 1 is 1.42 bits per heavy atom. The summed E-state index contributed by atoms with van der Waals surface area (Å²) >= 11 is 0. The first-order chi connectivity index (χ1) is 9.20. The standard InChI is InChI=1S/C15H16FNO2/c1-2-19-15(18)14-8-10-6-7-11(16)9-13(10)17(14)12-4-3-5-12/h6-9,12H,2-5H2,1H3. The van der Waals surface area contributed by atoms with Crippen LogP contribution in [0.2, 0.25) is 0 Å². The van der Waals surface area contributed by atoms with Gasteiger partial charge in [0, 0.05) is 11.4 Å². The highest BCUT2D eigenvalue weighted by atomic mass is 19.1. The van der Waals surface area contributed by atoms with Crippen LogP contribution in [0.5, 0.6) is 0 Å². The lowest BCUT2D eigenvalue weighted by atomic mass is 9.92. The molecule has 4 heteroatoms. The molecule has 0 atom stereocenters. The number of rotatable bonds is 3. The first-order valence-electron chi connectivity index (χ1n) is 6.68. The topological polar surface area (TPSA) is 31.2 Å². The van der Waals surface area contributed by atoms with Crippen molar-refractivity contribution < 1.29 is 13.9 Å². The monoisotopic (exact) mass is 261 g/mol. The fraction of sp³-hybridized carbons (Fsp3) is 0.400. The van der Waals surface area contributed by atoms with E-state index in [4.69, 9.17) is 4.74 Å². The summed E-state index contributed by atoms with van der Waals surface area (Å²) in [6.45, 7) is 2.13. The van der Waals surface area contributed by atoms with Crippen molar-refractivity contribution in [3.8, 4) is 0 Å². The van der Waals surface area contributed by atoms with Gasteiger partial charge in [-0.05, 0) is 50.5 Å². The van der Waals surface area contributed by atoms with E-state index in [1.807, 2.05) is 4.57 Å². The zero-order valence-corrected chi connectivity index (χ0v) is 10.9. The summed E-state index contributed by atoms with van der Waals surface area (Å²) < 4.78 is 20.5. The smallest absolute Gasteiger partial charge is 0.354 e. The number of hydrogen-bond donors (Lipinski definition) is 0. The summed E-state index contributed by atoms with van der Waals surface area (Å²) in [5, 5.41) is 0.886. The summed E-state index contributed by atoms with van der Waals surface area (Å²) in [5.41, 5.74) is 1.32. The second-order valence-electron chi connectivity index (χ2n) is 4.91. The Morgan fingerprint density at radius 2 is 2.21 bits per heavy atom. The van der Waals surface area contributed by atoms with Gasteiger partial charge in [-0.2, -0.15) is 0 Å². The Morgan fingerprint density at radius 3 is 2.84 bits per heavy atom. The Kier molecular flexibility index (Phi) is 3.01. The number of carbonyl (C=O) groups is 1. The molecule has 1 fully saturated rings. The minimum atomic E-state index is -0.328. The van der Waals surface area contributed by atoms with Gasteiger partial charge in [-0.15, -0.1) is 0 Å². The molecule has 0 aliphatic heterocycles. The number of esters is 1. The Labute approximate surface area is 111 Å². The van der Waals surface area contributed by atoms with E-state index in [1.165, 1.54) is 12.1 Å². The van der Waals surface area contributed by atoms with Crippen LogP contribution in [-0.4, -0.2) is 17.1 Å². The number of nitrogens with zero attached hydrogens (tertiary/aromatic N) is 1. The average Bonchev–Trinajstić information content (AvgIpc) is 2.67. The van der Waals surface area contributed by atoms with Gasteiger partial charge < -0.3 is 9.30 Å². The molecule has 0 N–H and O–H groups in total. The summed E-state index contributed by atoms with van der Waals surface area (Å²) in [5.74, 6) is -0.604. The fourth-order valence-electron chi connectivity index (χ4n) is 2.59. The molecule has 0 unspecified atom stereocenters. The average molecular weight is 261 g/mol. The lowest BCUT2D eigenvalue weighted by Crippen LogP contribution is -2.21. The van der Waals surface area contributed by atoms with Gasteiger partial charge in [0.25, 0.3) is 0 Å². The van der Waals surface area contributed by atoms with Gasteiger partial charge in [0.05, 0.1) is 12.1 Å². The Hall–Kier alpha value is -1.84. The molecule has 100 valence electrons. The highest BCUT2D eigenvalue weighted by molar-refractivity contribution is 5.95. The third-order valence-electron chi connectivity index (χ3n) is 3.73. The lowest BCUT2D eigenvalue weighted by Gasteiger charge is -2.29. The highest BCUT2D eigenvalue weighted by Gasteiger charge is 2.26. The first kappa shape index (κ1) is 12.2. The van der Waals surface area contributed by atoms with Crippen LogP contribution in [0, 0.1) is 5.82 Å². The number of halogens is 1. The van der Waals surface area contributed by atoms with Crippen LogP contribution in [0.3, 0.4) is 0 Å². The molecule has 1 heterocycles. The SMILES string of the molecule is CCOC(=O)c1cc2ccc(F)cc2n1C1CCC1. The molecule has 0 saturated heterocycles. The van der Waals surface area contributed by atoms with Crippen molar-refractivity contribution in [1.29, 1.82) is 0 Å². The van der Waals surface area contributed by atoms with E-state index in [0.29, 0.717) is 18.3 Å². The van der Waals surface area contributed by atoms with Gasteiger partial charge in [-0.1, -0.05) is 0 Å². The predicted octanol–water partition coefficient (Wildman–Crippen LogP) is 3.68. The number of hydrogen-bond acceptors (Lipinski definition) is 2. The van der Waals surface area contributed by atoms with Crippen LogP contribution < -0.4 is 0 Å². The van der Waals surface area contributed by atoms with Crippen LogP contribution in [0.1, 0.15) is 42.7 Å². The van der Waals surface area contributed by atoms with Crippen molar-refractivity contribution in [2.24, 2.45) is 0 Å². The second kappa shape index (κ2) is 4.68. The molecule has 0 spiro atoms. The quantitative estimate of drug-likeness (QED) is 0.789. The summed E-state index contributed by atoms with van der Waals surface area (Å²) in [6.07, 6.45) is 3.22. The minimum Gasteiger partial charge on any atom is -0.461 e. The number of aromatic nitrogens is 1. The van der Waals surface area contributed by atoms with Gasteiger partial charge in [0.15, 0.2) is 0 Å². The molecule has 0 amide bonds. The third-order valence-corrected chi connectivity index (χ3v) is 3.73. The van der Waals surface area contributed by atoms with Crippen molar-refractivity contribution >= 4 is 16.9 Å². The van der Waals surface area contributed by atoms with E-state index in [2.05, 4.69) is 0 Å². The molecule has 1 aromatic carbocycles. The lowest BCUT2D eigenvalue weighted by molar-refractivity contribution is 0.0508. The molecule has 3 rings (SSSR count). The summed E-state index contributed by atoms with van der Waals surface area (Å²) in [7, 11) is 0. The maximum absolute atomic E-state index is 13.4. The summed E-state index contributed by atoms with van der Waals surface area (Å²) in [6, 6.07) is 6.71. The molecule has 1 aromatic heterocycles. The maximum atomic E-state index is 13.4. The highest BCUT2D eigenvalue weighted by Crippen LogP contribution is 2.37. The fourth-order valence-corrected chi connectivity index (χ4v) is 2.59. The van der Waals surface area contributed by atoms with Crippen molar-refractivity contribution in [1.82, 2.24) is 4.57 Å². The van der Waals surface area contributed by atoms with E-state index in [-0.39, 0.29) is 11.8 Å². The third kappa shape index (κ3) is 2.01. The van der Waals surface area contributed by atoms with E-state index in [9.17, 15) is 9.18 Å². The molecule has 19 heavy (non-hydrogen) atoms. The van der Waals surface area contributed by atoms with Crippen LogP contribution in [0.25, 0.3) is 10.9 Å². The van der Waals surface area contributed by atoms with E-state index in [0.717, 1.165) is 30.2 Å². The molecule has 2 aromatic rings. The zero-order valence-electron chi connectivity index (χ0n) is 10.9. The van der Waals surface area contributed by atoms with Crippen LogP contribution in [0.4, 0.5) is 4.39 Å². The van der Waals surface area contributed by atoms with Gasteiger partial charge in [0.1, 0.15) is 11.5 Å². The largest absolute Gasteiger partial charge is 0.461 e. The van der Waals surface area contributed by atoms with Crippen molar-refractivity contribution in [3.63, 3.8) is 0 Å². The molecule has 3 nitrogen and oxygen atoms in total. The molecular formula is C15H16FNO2. The maximum Gasteiger partial charge on any atom is 0.354 e. The van der Waals surface area contributed by atoms with Crippen molar-refractivity contribution in [2.75, 3.05) is 6.61 Å². The van der Waals surface area contributed by atoms with Crippen LogP contribution >= 0.6 is 0 Å². The molecule has 1 aliphatic carbocycles.